The number of ether oxygens (including phenoxy) is 1. The van der Waals surface area contributed by atoms with Gasteiger partial charge in [-0.3, -0.25) is 4.79 Å². The zero-order chi connectivity index (χ0) is 21.6. The Morgan fingerprint density at radius 2 is 1.83 bits per heavy atom. The molecule has 1 aliphatic heterocycles. The van der Waals surface area contributed by atoms with Gasteiger partial charge in [-0.05, 0) is 44.9 Å². The van der Waals surface area contributed by atoms with Gasteiger partial charge in [-0.25, -0.2) is 8.42 Å². The Balaban J connectivity index is 1.80. The summed E-state index contributed by atoms with van der Waals surface area (Å²) in [6.45, 7) is 7.32. The molecule has 0 radical (unpaired) electrons. The summed E-state index contributed by atoms with van der Waals surface area (Å²) in [5.74, 6) is -0.0613. The number of morpholine rings is 1. The molecule has 0 spiro atoms. The first kappa shape index (κ1) is 22.8. The fraction of sp³-hybridized carbons (Fsp3) is 0.667. The predicted molar refractivity (Wildman–Crippen MR) is 118 cm³/mol. The third-order valence-corrected chi connectivity index (χ3v) is 7.73. The van der Waals surface area contributed by atoms with Gasteiger partial charge in [-0.1, -0.05) is 12.8 Å². The summed E-state index contributed by atoms with van der Waals surface area (Å²) in [7, 11) is -3.60. The lowest BCUT2D eigenvalue weighted by atomic mass is 10.2. The van der Waals surface area contributed by atoms with Crippen LogP contribution in [0.1, 0.15) is 39.5 Å². The first-order valence-electron chi connectivity index (χ1n) is 11.0. The molecule has 0 unspecified atom stereocenters. The maximum Gasteiger partial charge on any atom is 0.243 e. The Labute approximate surface area is 180 Å². The van der Waals surface area contributed by atoms with Gasteiger partial charge in [0.05, 0.1) is 36.0 Å². The molecular formula is C21H34N4O4S. The van der Waals surface area contributed by atoms with Crippen LogP contribution in [0.25, 0.3) is 0 Å². The van der Waals surface area contributed by atoms with E-state index < -0.39 is 10.0 Å². The number of sulfonamides is 1. The SMILES string of the molecule is CCN(CC)c1ccc(S(=O)(=O)N2CCOCC2)cc1NCC(=O)NC1CCCC1. The van der Waals surface area contributed by atoms with Crippen LogP contribution in [0.5, 0.6) is 0 Å². The van der Waals surface area contributed by atoms with Crippen molar-refractivity contribution in [3.63, 3.8) is 0 Å². The van der Waals surface area contributed by atoms with Gasteiger partial charge in [0.2, 0.25) is 15.9 Å². The molecule has 1 saturated carbocycles. The molecule has 0 bridgehead atoms. The van der Waals surface area contributed by atoms with E-state index in [0.717, 1.165) is 44.5 Å². The summed E-state index contributed by atoms with van der Waals surface area (Å²) in [6, 6.07) is 5.40. The van der Waals surface area contributed by atoms with Crippen LogP contribution in [0.15, 0.2) is 23.1 Å². The summed E-state index contributed by atoms with van der Waals surface area (Å²) in [5.41, 5.74) is 1.56. The maximum atomic E-state index is 13.1. The molecule has 2 N–H and O–H groups in total. The molecule has 2 aliphatic rings. The highest BCUT2D eigenvalue weighted by atomic mass is 32.2. The van der Waals surface area contributed by atoms with E-state index in [1.807, 2.05) is 6.07 Å². The maximum absolute atomic E-state index is 13.1. The van der Waals surface area contributed by atoms with Gasteiger partial charge < -0.3 is 20.3 Å². The highest BCUT2D eigenvalue weighted by molar-refractivity contribution is 7.89. The molecule has 1 aromatic carbocycles. The lowest BCUT2D eigenvalue weighted by Gasteiger charge is -2.28. The van der Waals surface area contributed by atoms with E-state index in [1.54, 1.807) is 12.1 Å². The monoisotopic (exact) mass is 438 g/mol. The van der Waals surface area contributed by atoms with Crippen LogP contribution in [-0.2, 0) is 19.6 Å². The van der Waals surface area contributed by atoms with Crippen LogP contribution >= 0.6 is 0 Å². The van der Waals surface area contributed by atoms with E-state index in [0.29, 0.717) is 32.0 Å². The molecule has 1 aromatic rings. The number of hydrogen-bond donors (Lipinski definition) is 2. The number of benzene rings is 1. The summed E-state index contributed by atoms with van der Waals surface area (Å²) in [4.78, 5) is 14.8. The fourth-order valence-corrected chi connectivity index (χ4v) is 5.55. The lowest BCUT2D eigenvalue weighted by Crippen LogP contribution is -2.40. The van der Waals surface area contributed by atoms with E-state index in [9.17, 15) is 13.2 Å². The van der Waals surface area contributed by atoms with Crippen molar-refractivity contribution in [2.75, 3.05) is 56.2 Å². The molecule has 1 amide bonds. The standard InChI is InChI=1S/C21H34N4O4S/c1-3-24(4-2)20-10-9-18(30(27,28)25-11-13-29-14-12-25)15-19(20)22-16-21(26)23-17-7-5-6-8-17/h9-10,15,17,22H,3-8,11-14,16H2,1-2H3,(H,23,26). The first-order chi connectivity index (χ1) is 14.5. The summed E-state index contributed by atoms with van der Waals surface area (Å²) in [6.07, 6.45) is 4.38. The largest absolute Gasteiger partial charge is 0.379 e. The molecule has 168 valence electrons. The van der Waals surface area contributed by atoms with E-state index in [2.05, 4.69) is 29.4 Å². The van der Waals surface area contributed by atoms with Crippen molar-refractivity contribution in [1.29, 1.82) is 0 Å². The van der Waals surface area contributed by atoms with Gasteiger partial charge in [-0.15, -0.1) is 0 Å². The van der Waals surface area contributed by atoms with Crippen molar-refractivity contribution >= 4 is 27.3 Å². The Morgan fingerprint density at radius 1 is 1.17 bits per heavy atom. The Bertz CT molecular complexity index is 814. The van der Waals surface area contributed by atoms with Crippen LogP contribution in [0.2, 0.25) is 0 Å². The Morgan fingerprint density at radius 3 is 2.47 bits per heavy atom. The molecule has 2 fully saturated rings. The minimum Gasteiger partial charge on any atom is -0.379 e. The highest BCUT2D eigenvalue weighted by Crippen LogP contribution is 2.30. The van der Waals surface area contributed by atoms with Crippen molar-refractivity contribution in [2.24, 2.45) is 0 Å². The number of carbonyl (C=O) groups excluding carboxylic acids is 1. The van der Waals surface area contributed by atoms with Crippen molar-refractivity contribution in [3.05, 3.63) is 18.2 Å². The van der Waals surface area contributed by atoms with Crippen LogP contribution in [-0.4, -0.2) is 70.6 Å². The molecule has 30 heavy (non-hydrogen) atoms. The Hall–Kier alpha value is -1.84. The number of nitrogens with zero attached hydrogens (tertiary/aromatic N) is 2. The minimum absolute atomic E-state index is 0.0613. The zero-order valence-corrected chi connectivity index (χ0v) is 18.8. The van der Waals surface area contributed by atoms with Crippen LogP contribution in [0, 0.1) is 0 Å². The highest BCUT2D eigenvalue weighted by Gasteiger charge is 2.27. The van der Waals surface area contributed by atoms with Gasteiger partial charge in [0.1, 0.15) is 0 Å². The minimum atomic E-state index is -3.60. The van der Waals surface area contributed by atoms with Gasteiger partial charge in [0.25, 0.3) is 0 Å². The van der Waals surface area contributed by atoms with Gasteiger partial charge in [-0.2, -0.15) is 4.31 Å². The fourth-order valence-electron chi connectivity index (χ4n) is 4.12. The van der Waals surface area contributed by atoms with Crippen LogP contribution < -0.4 is 15.5 Å². The average molecular weight is 439 g/mol. The second-order valence-corrected chi connectivity index (χ2v) is 9.71. The van der Waals surface area contributed by atoms with Gasteiger partial charge in [0.15, 0.2) is 0 Å². The van der Waals surface area contributed by atoms with Gasteiger partial charge in [0, 0.05) is 32.2 Å². The van der Waals surface area contributed by atoms with Crippen molar-refractivity contribution in [1.82, 2.24) is 9.62 Å². The third kappa shape index (κ3) is 5.44. The molecule has 1 heterocycles. The molecule has 9 heteroatoms. The summed E-state index contributed by atoms with van der Waals surface area (Å²) in [5, 5.41) is 6.26. The summed E-state index contributed by atoms with van der Waals surface area (Å²) >= 11 is 0. The third-order valence-electron chi connectivity index (χ3n) is 5.84. The van der Waals surface area contributed by atoms with Crippen LogP contribution in [0.4, 0.5) is 11.4 Å². The van der Waals surface area contributed by atoms with E-state index in [-0.39, 0.29) is 23.4 Å². The molecule has 0 aromatic heterocycles. The van der Waals surface area contributed by atoms with E-state index in [1.165, 1.54) is 4.31 Å². The van der Waals surface area contributed by atoms with E-state index in [4.69, 9.17) is 4.74 Å². The number of rotatable bonds is 9. The molecule has 3 rings (SSSR count). The van der Waals surface area contributed by atoms with Crippen molar-refractivity contribution in [2.45, 2.75) is 50.5 Å². The van der Waals surface area contributed by atoms with E-state index >= 15 is 0 Å². The second-order valence-electron chi connectivity index (χ2n) is 7.77. The quantitative estimate of drug-likeness (QED) is 0.613. The van der Waals surface area contributed by atoms with Crippen molar-refractivity contribution < 1.29 is 17.9 Å². The number of hydrogen-bond acceptors (Lipinski definition) is 6. The predicted octanol–water partition coefficient (Wildman–Crippen LogP) is 2.02. The molecule has 1 saturated heterocycles. The molecule has 1 aliphatic carbocycles. The number of amides is 1. The van der Waals surface area contributed by atoms with Crippen LogP contribution in [0.3, 0.4) is 0 Å². The lowest BCUT2D eigenvalue weighted by molar-refractivity contribution is -0.120. The zero-order valence-electron chi connectivity index (χ0n) is 18.0. The first-order valence-corrected chi connectivity index (χ1v) is 12.4. The number of anilines is 2. The molecule has 8 nitrogen and oxygen atoms in total. The van der Waals surface area contributed by atoms with Crippen molar-refractivity contribution in [3.8, 4) is 0 Å². The average Bonchev–Trinajstić information content (AvgIpc) is 3.27. The smallest absolute Gasteiger partial charge is 0.243 e. The molecule has 0 atom stereocenters. The number of nitrogens with one attached hydrogen (secondary N) is 2. The Kier molecular flexibility index (Phi) is 7.96. The molecular weight excluding hydrogens is 404 g/mol. The van der Waals surface area contributed by atoms with Gasteiger partial charge >= 0.3 is 0 Å². The number of carbonyl (C=O) groups is 1. The topological polar surface area (TPSA) is 91.0 Å². The second kappa shape index (κ2) is 10.5. The normalized spacial score (nSPS) is 18.3. The summed E-state index contributed by atoms with van der Waals surface area (Å²) < 4.78 is 32.9.